The quantitative estimate of drug-likeness (QED) is 0.776. The van der Waals surface area contributed by atoms with E-state index in [-0.39, 0.29) is 11.8 Å². The number of pyridine rings is 1. The largest absolute Gasteiger partial charge is 0.480 e. The molecule has 3 heterocycles. The Labute approximate surface area is 180 Å². The van der Waals surface area contributed by atoms with E-state index < -0.39 is 0 Å². The van der Waals surface area contributed by atoms with E-state index in [2.05, 4.69) is 15.3 Å². The molecule has 8 heteroatoms. The van der Waals surface area contributed by atoms with Crippen LogP contribution in [0.1, 0.15) is 66.4 Å². The van der Waals surface area contributed by atoms with E-state index in [1.165, 1.54) is 37.7 Å². The summed E-state index contributed by atoms with van der Waals surface area (Å²) < 4.78 is 5.18. The molecule has 2 aliphatic rings. The second kappa shape index (κ2) is 9.55. The molecule has 0 bridgehead atoms. The lowest BCUT2D eigenvalue weighted by Gasteiger charge is -2.34. The number of amides is 2. The molecule has 1 N–H and O–H groups in total. The molecular formula is C22H28N4O3S. The van der Waals surface area contributed by atoms with Gasteiger partial charge in [0.1, 0.15) is 11.4 Å². The molecule has 1 aliphatic heterocycles. The van der Waals surface area contributed by atoms with Crippen molar-refractivity contribution in [2.75, 3.05) is 25.5 Å². The maximum absolute atomic E-state index is 12.8. The predicted molar refractivity (Wildman–Crippen MR) is 116 cm³/mol. The van der Waals surface area contributed by atoms with Gasteiger partial charge in [0.15, 0.2) is 0 Å². The summed E-state index contributed by atoms with van der Waals surface area (Å²) >= 11 is 1.52. The van der Waals surface area contributed by atoms with E-state index >= 15 is 0 Å². The molecule has 1 saturated carbocycles. The summed E-state index contributed by atoms with van der Waals surface area (Å²) in [6.07, 6.45) is 9.15. The van der Waals surface area contributed by atoms with E-state index in [1.54, 1.807) is 23.7 Å². The molecule has 2 amide bonds. The number of rotatable bonds is 5. The van der Waals surface area contributed by atoms with Gasteiger partial charge in [0, 0.05) is 36.5 Å². The molecule has 1 aliphatic carbocycles. The van der Waals surface area contributed by atoms with Gasteiger partial charge in [-0.05, 0) is 37.8 Å². The summed E-state index contributed by atoms with van der Waals surface area (Å²) in [5, 5.41) is 5.59. The number of likely N-dealkylation sites (tertiary alicyclic amines) is 1. The van der Waals surface area contributed by atoms with E-state index in [4.69, 9.17) is 4.74 Å². The summed E-state index contributed by atoms with van der Waals surface area (Å²) in [5.74, 6) is 0.984. The number of ether oxygens (including phenoxy) is 1. The maximum atomic E-state index is 12.8. The van der Waals surface area contributed by atoms with Crippen LogP contribution >= 0.6 is 11.3 Å². The van der Waals surface area contributed by atoms with Crippen LogP contribution in [0, 0.1) is 5.92 Å². The smallest absolute Gasteiger partial charge is 0.275 e. The molecule has 0 spiro atoms. The Kier molecular flexibility index (Phi) is 6.62. The lowest BCUT2D eigenvalue weighted by molar-refractivity contribution is -0.137. The minimum absolute atomic E-state index is 0.231. The fourth-order valence-electron chi connectivity index (χ4n) is 4.37. The third kappa shape index (κ3) is 4.64. The summed E-state index contributed by atoms with van der Waals surface area (Å²) in [6, 6.07) is 3.49. The first-order valence-electron chi connectivity index (χ1n) is 10.7. The molecule has 7 nitrogen and oxygen atoms in total. The Morgan fingerprint density at radius 1 is 1.17 bits per heavy atom. The van der Waals surface area contributed by atoms with Crippen LogP contribution in [0.4, 0.5) is 5.69 Å². The SMILES string of the molecule is COc1ncccc1NC(=O)c1csc(C2CCN(C(=O)C3CCCCC3)CC2)n1. The van der Waals surface area contributed by atoms with Crippen molar-refractivity contribution in [1.82, 2.24) is 14.9 Å². The second-order valence-electron chi connectivity index (χ2n) is 8.02. The first kappa shape index (κ1) is 20.8. The van der Waals surface area contributed by atoms with E-state index in [1.807, 2.05) is 4.90 Å². The summed E-state index contributed by atoms with van der Waals surface area (Å²) in [7, 11) is 1.52. The zero-order valence-electron chi connectivity index (χ0n) is 17.3. The second-order valence-corrected chi connectivity index (χ2v) is 8.91. The van der Waals surface area contributed by atoms with Gasteiger partial charge in [-0.1, -0.05) is 19.3 Å². The molecule has 2 aromatic rings. The Bertz CT molecular complexity index is 886. The number of carbonyl (C=O) groups excluding carboxylic acids is 2. The van der Waals surface area contributed by atoms with Gasteiger partial charge >= 0.3 is 0 Å². The summed E-state index contributed by atoms with van der Waals surface area (Å²) in [5.41, 5.74) is 0.927. The number of hydrogen-bond donors (Lipinski definition) is 1. The number of nitrogens with one attached hydrogen (secondary N) is 1. The predicted octanol–water partition coefficient (Wildman–Crippen LogP) is 4.09. The van der Waals surface area contributed by atoms with Crippen molar-refractivity contribution < 1.29 is 14.3 Å². The molecule has 30 heavy (non-hydrogen) atoms. The topological polar surface area (TPSA) is 84.4 Å². The molecule has 4 rings (SSSR count). The molecule has 0 atom stereocenters. The molecule has 1 saturated heterocycles. The first-order chi connectivity index (χ1) is 14.7. The Morgan fingerprint density at radius 3 is 2.67 bits per heavy atom. The number of methoxy groups -OCH3 is 1. The number of thiazole rings is 1. The van der Waals surface area contributed by atoms with Gasteiger partial charge in [-0.2, -0.15) is 0 Å². The number of anilines is 1. The van der Waals surface area contributed by atoms with Gasteiger partial charge in [0.25, 0.3) is 5.91 Å². The van der Waals surface area contributed by atoms with Crippen LogP contribution in [-0.2, 0) is 4.79 Å². The molecule has 2 fully saturated rings. The van der Waals surface area contributed by atoms with Gasteiger partial charge in [0.05, 0.1) is 12.1 Å². The summed E-state index contributed by atoms with van der Waals surface area (Å²) in [4.78, 5) is 36.1. The lowest BCUT2D eigenvalue weighted by Crippen LogP contribution is -2.41. The molecule has 160 valence electrons. The molecule has 0 unspecified atom stereocenters. The van der Waals surface area contributed by atoms with Crippen molar-refractivity contribution in [3.63, 3.8) is 0 Å². The normalized spacial score (nSPS) is 18.2. The average Bonchev–Trinajstić information content (AvgIpc) is 3.30. The highest BCUT2D eigenvalue weighted by molar-refractivity contribution is 7.10. The van der Waals surface area contributed by atoms with Gasteiger partial charge in [-0.15, -0.1) is 11.3 Å². The van der Waals surface area contributed by atoms with Gasteiger partial charge < -0.3 is 15.0 Å². The zero-order chi connectivity index (χ0) is 20.9. The van der Waals surface area contributed by atoms with Crippen LogP contribution in [0.3, 0.4) is 0 Å². The van der Waals surface area contributed by atoms with Crippen molar-refractivity contribution in [1.29, 1.82) is 0 Å². The van der Waals surface area contributed by atoms with E-state index in [9.17, 15) is 9.59 Å². The number of carbonyl (C=O) groups is 2. The van der Waals surface area contributed by atoms with Crippen LogP contribution in [0.25, 0.3) is 0 Å². The molecular weight excluding hydrogens is 400 g/mol. The Balaban J connectivity index is 1.33. The third-order valence-electron chi connectivity index (χ3n) is 6.08. The van der Waals surface area contributed by atoms with Crippen LogP contribution in [0.5, 0.6) is 5.88 Å². The van der Waals surface area contributed by atoms with Gasteiger partial charge in [0.2, 0.25) is 11.8 Å². The highest BCUT2D eigenvalue weighted by atomic mass is 32.1. The van der Waals surface area contributed by atoms with E-state index in [0.29, 0.717) is 29.1 Å². The minimum Gasteiger partial charge on any atom is -0.480 e. The zero-order valence-corrected chi connectivity index (χ0v) is 18.1. The van der Waals surface area contributed by atoms with Crippen LogP contribution in [0.2, 0.25) is 0 Å². The average molecular weight is 429 g/mol. The summed E-state index contributed by atoms with van der Waals surface area (Å²) in [6.45, 7) is 1.57. The third-order valence-corrected chi connectivity index (χ3v) is 7.08. The number of piperidine rings is 1. The molecule has 0 radical (unpaired) electrons. The lowest BCUT2D eigenvalue weighted by atomic mass is 9.87. The highest BCUT2D eigenvalue weighted by Crippen LogP contribution is 2.33. The molecule has 2 aromatic heterocycles. The van der Waals surface area contributed by atoms with Crippen LogP contribution in [-0.4, -0.2) is 46.9 Å². The van der Waals surface area contributed by atoms with Gasteiger partial charge in [-0.25, -0.2) is 9.97 Å². The number of hydrogen-bond acceptors (Lipinski definition) is 6. The van der Waals surface area contributed by atoms with Crippen molar-refractivity contribution >= 4 is 28.8 Å². The van der Waals surface area contributed by atoms with Crippen molar-refractivity contribution in [2.24, 2.45) is 5.92 Å². The first-order valence-corrected chi connectivity index (χ1v) is 11.6. The van der Waals surface area contributed by atoms with Crippen LogP contribution in [0.15, 0.2) is 23.7 Å². The van der Waals surface area contributed by atoms with E-state index in [0.717, 1.165) is 43.8 Å². The molecule has 0 aromatic carbocycles. The fourth-order valence-corrected chi connectivity index (χ4v) is 5.34. The highest BCUT2D eigenvalue weighted by Gasteiger charge is 2.30. The maximum Gasteiger partial charge on any atom is 0.275 e. The van der Waals surface area contributed by atoms with Crippen LogP contribution < -0.4 is 10.1 Å². The minimum atomic E-state index is -0.270. The van der Waals surface area contributed by atoms with Crippen molar-refractivity contribution in [3.8, 4) is 5.88 Å². The number of nitrogens with zero attached hydrogens (tertiary/aromatic N) is 3. The van der Waals surface area contributed by atoms with Gasteiger partial charge in [-0.3, -0.25) is 9.59 Å². The number of aromatic nitrogens is 2. The van der Waals surface area contributed by atoms with Crippen molar-refractivity contribution in [3.05, 3.63) is 34.4 Å². The fraction of sp³-hybridized carbons (Fsp3) is 0.545. The van der Waals surface area contributed by atoms with Crippen molar-refractivity contribution in [2.45, 2.75) is 50.9 Å². The standard InChI is InChI=1S/C22H28N4O3S/c1-29-20-17(8-5-11-23-20)24-19(27)18-14-30-21(25-18)15-9-12-26(13-10-15)22(28)16-6-3-2-4-7-16/h5,8,11,14-16H,2-4,6-7,9-10,12-13H2,1H3,(H,24,27). The monoisotopic (exact) mass is 428 g/mol. The Hall–Kier alpha value is -2.48. The Morgan fingerprint density at radius 2 is 1.93 bits per heavy atom.